The molecule has 0 saturated carbocycles. The predicted octanol–water partition coefficient (Wildman–Crippen LogP) is 2.22. The Hall–Kier alpha value is -2.62. The van der Waals surface area contributed by atoms with Crippen LogP contribution in [0.25, 0.3) is 12.7 Å². The van der Waals surface area contributed by atoms with E-state index in [4.69, 9.17) is 0 Å². The van der Waals surface area contributed by atoms with Crippen molar-refractivity contribution in [2.75, 3.05) is 6.54 Å². The lowest BCUT2D eigenvalue weighted by Gasteiger charge is -2.25. The van der Waals surface area contributed by atoms with Crippen molar-refractivity contribution >= 4 is 18.6 Å². The second-order valence-corrected chi connectivity index (χ2v) is 6.26. The number of allylic oxidation sites excluding steroid dienone is 1. The van der Waals surface area contributed by atoms with Gasteiger partial charge in [0.2, 0.25) is 0 Å². The minimum absolute atomic E-state index is 0.0705. The van der Waals surface area contributed by atoms with Gasteiger partial charge in [-0.15, -0.1) is 0 Å². The number of hydrogen-bond acceptors (Lipinski definition) is 2. The number of carbonyl (C=O) groups is 1. The molecule has 0 bridgehead atoms. The number of carbonyl (C=O) groups excluding carboxylic acids is 1. The molecule has 2 heterocycles. The summed E-state index contributed by atoms with van der Waals surface area (Å²) in [5.41, 5.74) is 3.13. The van der Waals surface area contributed by atoms with E-state index in [1.807, 2.05) is 24.0 Å². The van der Waals surface area contributed by atoms with Crippen LogP contribution >= 0.6 is 0 Å². The lowest BCUT2D eigenvalue weighted by molar-refractivity contribution is -0.127. The maximum atomic E-state index is 13.0. The first-order chi connectivity index (χ1) is 11.6. The normalized spacial score (nSPS) is 19.1. The Morgan fingerprint density at radius 3 is 2.75 bits per heavy atom. The van der Waals surface area contributed by atoms with Crippen molar-refractivity contribution < 1.29 is 4.79 Å². The molecule has 4 nitrogen and oxygen atoms in total. The smallest absolute Gasteiger partial charge is 0.254 e. The topological polar surface area (TPSA) is 49.0 Å². The molecule has 1 aromatic heterocycles. The van der Waals surface area contributed by atoms with E-state index in [9.17, 15) is 4.79 Å². The molecule has 1 atom stereocenters. The van der Waals surface area contributed by atoms with Gasteiger partial charge in [0.1, 0.15) is 0 Å². The number of nitrogens with one attached hydrogen (secondary N) is 1. The molecule has 1 aliphatic rings. The van der Waals surface area contributed by atoms with Crippen LogP contribution in [0.5, 0.6) is 0 Å². The van der Waals surface area contributed by atoms with Crippen LogP contribution in [0.3, 0.4) is 0 Å². The molecule has 0 aliphatic carbocycles. The number of hydrogen-bond donors (Lipinski definition) is 1. The van der Waals surface area contributed by atoms with Crippen molar-refractivity contribution in [2.45, 2.75) is 32.7 Å². The van der Waals surface area contributed by atoms with Crippen LogP contribution < -0.4 is 10.6 Å². The summed E-state index contributed by atoms with van der Waals surface area (Å²) in [6, 6.07) is 8.65. The molecule has 1 fully saturated rings. The van der Waals surface area contributed by atoms with Gasteiger partial charge in [-0.25, -0.2) is 0 Å². The minimum atomic E-state index is 0.0705. The molecule has 4 heteroatoms. The van der Waals surface area contributed by atoms with Crippen LogP contribution in [0.4, 0.5) is 0 Å². The van der Waals surface area contributed by atoms with E-state index >= 15 is 0 Å². The van der Waals surface area contributed by atoms with Gasteiger partial charge in [0.15, 0.2) is 0 Å². The molecular weight excluding hydrogens is 298 g/mol. The predicted molar refractivity (Wildman–Crippen MR) is 96.4 cm³/mol. The van der Waals surface area contributed by atoms with Crippen LogP contribution in [0.1, 0.15) is 36.9 Å². The fourth-order valence-corrected chi connectivity index (χ4v) is 3.19. The molecule has 1 N–H and O–H groups in total. The van der Waals surface area contributed by atoms with E-state index in [0.717, 1.165) is 30.0 Å². The van der Waals surface area contributed by atoms with Gasteiger partial charge in [-0.1, -0.05) is 42.5 Å². The van der Waals surface area contributed by atoms with Crippen LogP contribution in [0.15, 0.2) is 42.1 Å². The summed E-state index contributed by atoms with van der Waals surface area (Å²) in [7, 11) is 0. The Kier molecular flexibility index (Phi) is 4.65. The lowest BCUT2D eigenvalue weighted by Crippen LogP contribution is -2.32. The standard InChI is InChI=1S/C20H23N3O/c1-4-16(12-18-13-21-22-15(18)3)20(24)23-11-5-6-19(23)17-9-7-14(2)8-10-17/h4,7-10,12-13,19,22H,3,5-6,11H2,1-2H3/b16-4+,18-12-/t19-/m0/s1. The molecule has 3 rings (SSSR count). The van der Waals surface area contributed by atoms with E-state index in [0.29, 0.717) is 5.57 Å². The van der Waals surface area contributed by atoms with E-state index in [1.165, 1.54) is 11.1 Å². The monoisotopic (exact) mass is 321 g/mol. The summed E-state index contributed by atoms with van der Waals surface area (Å²) in [5, 5.41) is 8.34. The van der Waals surface area contributed by atoms with Crippen molar-refractivity contribution in [3.05, 3.63) is 63.8 Å². The van der Waals surface area contributed by atoms with Gasteiger partial charge in [0.05, 0.1) is 17.6 Å². The highest BCUT2D eigenvalue weighted by atomic mass is 16.2. The summed E-state index contributed by atoms with van der Waals surface area (Å²) in [4.78, 5) is 15.0. The van der Waals surface area contributed by atoms with Crippen molar-refractivity contribution in [3.8, 4) is 0 Å². The Balaban J connectivity index is 1.89. The van der Waals surface area contributed by atoms with Gasteiger partial charge >= 0.3 is 0 Å². The van der Waals surface area contributed by atoms with Gasteiger partial charge in [0, 0.05) is 17.3 Å². The first-order valence-electron chi connectivity index (χ1n) is 8.34. The Labute approximate surface area is 142 Å². The second-order valence-electron chi connectivity index (χ2n) is 6.26. The van der Waals surface area contributed by atoms with Crippen molar-refractivity contribution in [3.63, 3.8) is 0 Å². The third-order valence-corrected chi connectivity index (χ3v) is 4.60. The van der Waals surface area contributed by atoms with Gasteiger partial charge in [0.25, 0.3) is 5.91 Å². The molecule has 0 spiro atoms. The molecule has 124 valence electrons. The number of H-pyrrole nitrogens is 1. The van der Waals surface area contributed by atoms with Crippen LogP contribution in [-0.4, -0.2) is 27.5 Å². The van der Waals surface area contributed by atoms with Gasteiger partial charge in [-0.2, -0.15) is 5.10 Å². The molecule has 1 amide bonds. The molecule has 24 heavy (non-hydrogen) atoms. The van der Waals surface area contributed by atoms with Crippen LogP contribution in [0, 0.1) is 6.92 Å². The SMILES string of the molecule is C=c1[nH]nc/c1=C/C(=C\C)C(=O)N1CCC[C@H]1c1ccc(C)cc1. The zero-order valence-corrected chi connectivity index (χ0v) is 14.2. The van der Waals surface area contributed by atoms with Crippen LogP contribution in [-0.2, 0) is 4.79 Å². The molecule has 1 aromatic carbocycles. The fourth-order valence-electron chi connectivity index (χ4n) is 3.19. The zero-order valence-electron chi connectivity index (χ0n) is 14.2. The Bertz CT molecular complexity index is 861. The summed E-state index contributed by atoms with van der Waals surface area (Å²) >= 11 is 0. The van der Waals surface area contributed by atoms with Gasteiger partial charge < -0.3 is 4.90 Å². The molecule has 0 radical (unpaired) electrons. The summed E-state index contributed by atoms with van der Waals surface area (Å²) in [6.45, 7) is 8.66. The summed E-state index contributed by atoms with van der Waals surface area (Å²) in [6.07, 6.45) is 7.46. The number of likely N-dealkylation sites (tertiary alicyclic amines) is 1. The number of benzene rings is 1. The number of amides is 1. The molecule has 1 saturated heterocycles. The first kappa shape index (κ1) is 16.2. The first-order valence-corrected chi connectivity index (χ1v) is 8.34. The Morgan fingerprint density at radius 1 is 1.38 bits per heavy atom. The van der Waals surface area contributed by atoms with E-state index < -0.39 is 0 Å². The third kappa shape index (κ3) is 3.18. The van der Waals surface area contributed by atoms with Crippen molar-refractivity contribution in [1.82, 2.24) is 15.1 Å². The minimum Gasteiger partial charge on any atom is -0.332 e. The largest absolute Gasteiger partial charge is 0.332 e. The molecule has 2 aromatic rings. The van der Waals surface area contributed by atoms with Gasteiger partial charge in [-0.05, 0) is 38.3 Å². The quantitative estimate of drug-likeness (QED) is 0.881. The third-order valence-electron chi connectivity index (χ3n) is 4.60. The average Bonchev–Trinajstić information content (AvgIpc) is 3.22. The fraction of sp³-hybridized carbons (Fsp3) is 0.300. The molecule has 0 unspecified atom stereocenters. The van der Waals surface area contributed by atoms with E-state index in [1.54, 1.807) is 6.20 Å². The number of aromatic amines is 1. The van der Waals surface area contributed by atoms with Crippen molar-refractivity contribution in [1.29, 1.82) is 0 Å². The maximum absolute atomic E-state index is 13.0. The van der Waals surface area contributed by atoms with E-state index in [-0.39, 0.29) is 11.9 Å². The summed E-state index contributed by atoms with van der Waals surface area (Å²) in [5.74, 6) is 0.0705. The number of nitrogens with zero attached hydrogens (tertiary/aromatic N) is 2. The summed E-state index contributed by atoms with van der Waals surface area (Å²) < 4.78 is 0. The van der Waals surface area contributed by atoms with Crippen molar-refractivity contribution in [2.24, 2.45) is 0 Å². The molecular formula is C20H23N3O. The van der Waals surface area contributed by atoms with Gasteiger partial charge in [-0.3, -0.25) is 9.89 Å². The zero-order chi connectivity index (χ0) is 17.1. The highest BCUT2D eigenvalue weighted by Gasteiger charge is 2.30. The highest BCUT2D eigenvalue weighted by Crippen LogP contribution is 2.33. The maximum Gasteiger partial charge on any atom is 0.254 e. The second kappa shape index (κ2) is 6.87. The number of aromatic nitrogens is 2. The number of rotatable bonds is 3. The molecule has 1 aliphatic heterocycles. The van der Waals surface area contributed by atoms with Crippen LogP contribution in [0.2, 0.25) is 0 Å². The average molecular weight is 321 g/mol. The van der Waals surface area contributed by atoms with E-state index in [2.05, 4.69) is 48.0 Å². The highest BCUT2D eigenvalue weighted by molar-refractivity contribution is 6.01. The number of aryl methyl sites for hydroxylation is 1. The Morgan fingerprint density at radius 2 is 2.12 bits per heavy atom. The lowest BCUT2D eigenvalue weighted by atomic mass is 10.0.